The van der Waals surface area contributed by atoms with Crippen molar-refractivity contribution in [3.05, 3.63) is 48.0 Å². The maximum atomic E-state index is 12.6. The largest absolute Gasteiger partial charge is 0.293 e. The van der Waals surface area contributed by atoms with E-state index in [0.29, 0.717) is 5.78 Å². The van der Waals surface area contributed by atoms with Gasteiger partial charge in [0.15, 0.2) is 5.78 Å². The zero-order valence-corrected chi connectivity index (χ0v) is 14.2. The van der Waals surface area contributed by atoms with Crippen LogP contribution in [0.4, 0.5) is 0 Å². The van der Waals surface area contributed by atoms with Crippen molar-refractivity contribution in [2.24, 2.45) is 0 Å². The summed E-state index contributed by atoms with van der Waals surface area (Å²) >= 11 is 0. The van der Waals surface area contributed by atoms with Crippen molar-refractivity contribution in [2.75, 3.05) is 23.5 Å². The van der Waals surface area contributed by atoms with Gasteiger partial charge in [0, 0.05) is 11.3 Å². The molecular weight excluding hydrogens is 276 g/mol. The maximum absolute atomic E-state index is 12.6. The van der Waals surface area contributed by atoms with E-state index >= 15 is 0 Å². The summed E-state index contributed by atoms with van der Waals surface area (Å²) in [6.07, 6.45) is 4.79. The molecule has 2 heteroatoms. The number of ketones is 1. The molecule has 2 aromatic rings. The number of carbonyl (C=O) groups excluding carboxylic acids is 1. The summed E-state index contributed by atoms with van der Waals surface area (Å²) in [5.41, 5.74) is 0.873. The van der Waals surface area contributed by atoms with Crippen LogP contribution in [-0.4, -0.2) is 29.3 Å². The Morgan fingerprint density at radius 2 is 1.76 bits per heavy atom. The molecule has 0 fully saturated rings. The van der Waals surface area contributed by atoms with E-state index in [0.717, 1.165) is 22.5 Å². The number of unbranched alkanes of at least 4 members (excludes halogenated alkanes) is 1. The Kier molecular flexibility index (Phi) is 5.46. The Bertz CT molecular complexity index is 620. The van der Waals surface area contributed by atoms with Gasteiger partial charge < -0.3 is 0 Å². The van der Waals surface area contributed by atoms with E-state index in [9.17, 15) is 4.79 Å². The van der Waals surface area contributed by atoms with E-state index in [2.05, 4.69) is 38.3 Å². The highest BCUT2D eigenvalue weighted by molar-refractivity contribution is 8.33. The van der Waals surface area contributed by atoms with Crippen LogP contribution in [0.15, 0.2) is 42.5 Å². The third-order valence-electron chi connectivity index (χ3n) is 4.24. The molecule has 114 valence electrons. The Labute approximate surface area is 130 Å². The van der Waals surface area contributed by atoms with Gasteiger partial charge in [0.25, 0.3) is 0 Å². The van der Waals surface area contributed by atoms with Crippen molar-refractivity contribution in [2.45, 2.75) is 26.7 Å². The molecular formula is C19H26OS. The number of fused-ring (bicyclic) bond motifs is 1. The molecule has 0 aliphatic heterocycles. The molecule has 0 aliphatic carbocycles. The van der Waals surface area contributed by atoms with Crippen LogP contribution in [0, 0.1) is 0 Å². The van der Waals surface area contributed by atoms with Gasteiger partial charge in [-0.25, -0.2) is 10.0 Å². The summed E-state index contributed by atoms with van der Waals surface area (Å²) < 4.78 is 0. The first-order valence-corrected chi connectivity index (χ1v) is 10.4. The van der Waals surface area contributed by atoms with Gasteiger partial charge in [0.05, 0.1) is 0 Å². The van der Waals surface area contributed by atoms with Crippen molar-refractivity contribution in [1.29, 1.82) is 0 Å². The van der Waals surface area contributed by atoms with Crippen molar-refractivity contribution in [3.63, 3.8) is 0 Å². The first-order valence-electron chi connectivity index (χ1n) is 7.81. The first-order chi connectivity index (χ1) is 10.1. The van der Waals surface area contributed by atoms with Crippen LogP contribution in [0.25, 0.3) is 10.8 Å². The second-order valence-electron chi connectivity index (χ2n) is 5.95. The van der Waals surface area contributed by atoms with E-state index in [1.54, 1.807) is 0 Å². The molecule has 0 heterocycles. The quantitative estimate of drug-likeness (QED) is 0.636. The van der Waals surface area contributed by atoms with Crippen LogP contribution in [-0.2, 0) is 0 Å². The van der Waals surface area contributed by atoms with E-state index in [1.807, 2.05) is 24.3 Å². The summed E-state index contributed by atoms with van der Waals surface area (Å²) in [5, 5.41) is 2.36. The summed E-state index contributed by atoms with van der Waals surface area (Å²) in [6, 6.07) is 14.3. The van der Waals surface area contributed by atoms with Gasteiger partial charge >= 0.3 is 0 Å². The third kappa shape index (κ3) is 4.10. The average molecular weight is 302 g/mol. The molecule has 0 spiro atoms. The van der Waals surface area contributed by atoms with Crippen LogP contribution in [0.3, 0.4) is 0 Å². The van der Waals surface area contributed by atoms with Gasteiger partial charge in [-0.1, -0.05) is 56.7 Å². The zero-order chi connectivity index (χ0) is 15.3. The predicted molar refractivity (Wildman–Crippen MR) is 97.0 cm³/mol. The van der Waals surface area contributed by atoms with Crippen LogP contribution in [0.5, 0.6) is 0 Å². The van der Waals surface area contributed by atoms with E-state index < -0.39 is 10.0 Å². The lowest BCUT2D eigenvalue weighted by atomic mass is 10.1. The number of carbonyl (C=O) groups is 1. The lowest BCUT2D eigenvalue weighted by Gasteiger charge is -2.34. The summed E-state index contributed by atoms with van der Waals surface area (Å²) in [5.74, 6) is 3.42. The molecule has 21 heavy (non-hydrogen) atoms. The fourth-order valence-corrected chi connectivity index (χ4v) is 5.00. The molecule has 0 bridgehead atoms. The molecule has 0 aromatic heterocycles. The fraction of sp³-hybridized carbons (Fsp3) is 0.421. The Balaban J connectivity index is 2.17. The number of hydrogen-bond donors (Lipinski definition) is 0. The van der Waals surface area contributed by atoms with Crippen molar-refractivity contribution >= 4 is 26.6 Å². The molecule has 0 saturated heterocycles. The minimum absolute atomic E-state index is 0.316. The van der Waals surface area contributed by atoms with Crippen molar-refractivity contribution < 1.29 is 4.79 Å². The molecule has 0 saturated carbocycles. The molecule has 0 radical (unpaired) electrons. The number of benzene rings is 2. The molecule has 1 atom stereocenters. The van der Waals surface area contributed by atoms with Gasteiger partial charge in [-0.15, -0.1) is 0 Å². The molecule has 1 nitrogen and oxygen atoms in total. The third-order valence-corrected chi connectivity index (χ3v) is 7.87. The molecule has 2 aromatic carbocycles. The molecule has 2 rings (SSSR count). The predicted octanol–water partition coefficient (Wildman–Crippen LogP) is 5.28. The number of hydrogen-bond acceptors (Lipinski definition) is 1. The lowest BCUT2D eigenvalue weighted by molar-refractivity contribution is 0.102. The van der Waals surface area contributed by atoms with E-state index in [4.69, 9.17) is 0 Å². The number of rotatable bonds is 7. The van der Waals surface area contributed by atoms with Gasteiger partial charge in [-0.2, -0.15) is 0 Å². The average Bonchev–Trinajstić information content (AvgIpc) is 2.52. The molecule has 0 amide bonds. The lowest BCUT2D eigenvalue weighted by Crippen LogP contribution is -2.18. The SMILES string of the molecule is CCCCS(C)(CC)CC(=O)c1ccc2ccccc2c1. The molecule has 0 aliphatic rings. The Hall–Kier alpha value is -1.28. The van der Waals surface area contributed by atoms with E-state index in [1.165, 1.54) is 24.0 Å². The monoisotopic (exact) mass is 302 g/mol. The van der Waals surface area contributed by atoms with Crippen LogP contribution < -0.4 is 0 Å². The van der Waals surface area contributed by atoms with E-state index in [-0.39, 0.29) is 0 Å². The van der Waals surface area contributed by atoms with Crippen molar-refractivity contribution in [3.8, 4) is 0 Å². The highest BCUT2D eigenvalue weighted by atomic mass is 32.3. The van der Waals surface area contributed by atoms with Gasteiger partial charge in [0.1, 0.15) is 0 Å². The standard InChI is InChI=1S/C19H26OS/c1-4-6-13-21(3,5-2)15-19(20)18-12-11-16-9-7-8-10-17(16)14-18/h7-12,14H,4-6,13,15H2,1-3H3. The zero-order valence-electron chi connectivity index (χ0n) is 13.4. The van der Waals surface area contributed by atoms with Crippen molar-refractivity contribution in [1.82, 2.24) is 0 Å². The summed E-state index contributed by atoms with van der Waals surface area (Å²) in [7, 11) is -0.789. The molecule has 1 unspecified atom stereocenters. The Morgan fingerprint density at radius 3 is 2.43 bits per heavy atom. The van der Waals surface area contributed by atoms with Crippen LogP contribution in [0.2, 0.25) is 0 Å². The highest BCUT2D eigenvalue weighted by Crippen LogP contribution is 2.44. The van der Waals surface area contributed by atoms with Gasteiger partial charge in [-0.05, 0) is 41.0 Å². The second kappa shape index (κ2) is 7.13. The highest BCUT2D eigenvalue weighted by Gasteiger charge is 2.20. The van der Waals surface area contributed by atoms with Gasteiger partial charge in [0.2, 0.25) is 0 Å². The smallest absolute Gasteiger partial charge is 0.171 e. The minimum Gasteiger partial charge on any atom is -0.293 e. The minimum atomic E-state index is -0.789. The molecule has 0 N–H and O–H groups in total. The second-order valence-corrected chi connectivity index (χ2v) is 10.2. The normalized spacial score (nSPS) is 15.6. The fourth-order valence-electron chi connectivity index (χ4n) is 2.57. The topological polar surface area (TPSA) is 17.1 Å². The van der Waals surface area contributed by atoms with Gasteiger partial charge in [-0.3, -0.25) is 4.79 Å². The first kappa shape index (κ1) is 16.1. The van der Waals surface area contributed by atoms with Crippen LogP contribution >= 0.6 is 10.0 Å². The summed E-state index contributed by atoms with van der Waals surface area (Å²) in [6.45, 7) is 4.46. The maximum Gasteiger partial charge on any atom is 0.171 e. The van der Waals surface area contributed by atoms with Crippen LogP contribution in [0.1, 0.15) is 37.0 Å². The number of Topliss-reactive ketones (excluding diaryl/α,β-unsaturated/α-hetero) is 1. The summed E-state index contributed by atoms with van der Waals surface area (Å²) in [4.78, 5) is 12.6. The Morgan fingerprint density at radius 1 is 1.05 bits per heavy atom.